The second kappa shape index (κ2) is 4.80. The summed E-state index contributed by atoms with van der Waals surface area (Å²) < 4.78 is 27.3. The van der Waals surface area contributed by atoms with E-state index in [1.165, 1.54) is 19.3 Å². The van der Waals surface area contributed by atoms with Crippen molar-refractivity contribution in [3.63, 3.8) is 0 Å². The van der Waals surface area contributed by atoms with Crippen molar-refractivity contribution in [1.29, 1.82) is 0 Å². The van der Waals surface area contributed by atoms with E-state index in [0.717, 1.165) is 12.3 Å². The number of hydrogen-bond acceptors (Lipinski definition) is 3. The van der Waals surface area contributed by atoms with E-state index in [0.29, 0.717) is 17.2 Å². The number of nitrogens with one attached hydrogen (secondary N) is 1. The molecule has 2 aliphatic carbocycles. The molecule has 4 nitrogen and oxygen atoms in total. The Morgan fingerprint density at radius 3 is 2.63 bits per heavy atom. The van der Waals surface area contributed by atoms with E-state index >= 15 is 0 Å². The largest absolute Gasteiger partial charge is 0.398 e. The van der Waals surface area contributed by atoms with Crippen LogP contribution in [0.25, 0.3) is 0 Å². The summed E-state index contributed by atoms with van der Waals surface area (Å²) in [5, 5.41) is 0. The van der Waals surface area contributed by atoms with E-state index in [2.05, 4.69) is 4.72 Å². The molecule has 2 aliphatic rings. The molecule has 0 aromatic heterocycles. The molecule has 0 radical (unpaired) electrons. The Labute approximate surface area is 114 Å². The molecule has 0 heterocycles. The average molecular weight is 280 g/mol. The maximum Gasteiger partial charge on any atom is 0.216 e. The van der Waals surface area contributed by atoms with Gasteiger partial charge in [0.15, 0.2) is 0 Å². The second-order valence-corrected chi connectivity index (χ2v) is 7.61. The maximum atomic E-state index is 12.2. The van der Waals surface area contributed by atoms with Crippen molar-refractivity contribution in [3.05, 3.63) is 29.8 Å². The summed E-state index contributed by atoms with van der Waals surface area (Å²) in [4.78, 5) is 0. The third-order valence-electron chi connectivity index (χ3n) is 4.47. The lowest BCUT2D eigenvalue weighted by Crippen LogP contribution is -2.39. The molecule has 3 atom stereocenters. The van der Waals surface area contributed by atoms with Gasteiger partial charge in [-0.2, -0.15) is 0 Å². The van der Waals surface area contributed by atoms with Crippen molar-refractivity contribution < 1.29 is 8.42 Å². The Morgan fingerprint density at radius 2 is 2.00 bits per heavy atom. The predicted octanol–water partition coefficient (Wildman–Crippen LogP) is 1.88. The van der Waals surface area contributed by atoms with Crippen molar-refractivity contribution >= 4 is 15.7 Å². The Hall–Kier alpha value is -1.07. The number of rotatable bonds is 4. The molecule has 19 heavy (non-hydrogen) atoms. The summed E-state index contributed by atoms with van der Waals surface area (Å²) in [5.74, 6) is 1.26. The Balaban J connectivity index is 1.68. The van der Waals surface area contributed by atoms with Gasteiger partial charge < -0.3 is 5.73 Å². The molecule has 3 unspecified atom stereocenters. The van der Waals surface area contributed by atoms with Crippen LogP contribution in [-0.4, -0.2) is 14.5 Å². The third-order valence-corrected chi connectivity index (χ3v) is 5.82. The number of para-hydroxylation sites is 1. The number of benzene rings is 1. The first-order chi connectivity index (χ1) is 9.03. The molecule has 1 aromatic carbocycles. The molecular weight excluding hydrogens is 260 g/mol. The van der Waals surface area contributed by atoms with Gasteiger partial charge in [-0.15, -0.1) is 0 Å². The van der Waals surface area contributed by atoms with Crippen LogP contribution in [0.1, 0.15) is 31.2 Å². The van der Waals surface area contributed by atoms with E-state index < -0.39 is 10.0 Å². The summed E-state index contributed by atoms with van der Waals surface area (Å²) in [5.41, 5.74) is 7.03. The van der Waals surface area contributed by atoms with Crippen molar-refractivity contribution in [2.75, 3.05) is 5.73 Å². The van der Waals surface area contributed by atoms with Gasteiger partial charge in [-0.25, -0.2) is 13.1 Å². The van der Waals surface area contributed by atoms with Gasteiger partial charge in [0, 0.05) is 11.7 Å². The summed E-state index contributed by atoms with van der Waals surface area (Å²) in [6, 6.07) is 7.29. The minimum atomic E-state index is -3.29. The van der Waals surface area contributed by atoms with Crippen molar-refractivity contribution in [1.82, 2.24) is 4.72 Å². The van der Waals surface area contributed by atoms with Gasteiger partial charge in [0.2, 0.25) is 10.0 Å². The van der Waals surface area contributed by atoms with Gasteiger partial charge in [-0.1, -0.05) is 24.6 Å². The number of nitrogen functional groups attached to an aromatic ring is 1. The van der Waals surface area contributed by atoms with E-state index in [1.54, 1.807) is 12.1 Å². The fraction of sp³-hybridized carbons (Fsp3) is 0.571. The lowest BCUT2D eigenvalue weighted by Gasteiger charge is -2.22. The van der Waals surface area contributed by atoms with Crippen LogP contribution in [0.2, 0.25) is 0 Å². The van der Waals surface area contributed by atoms with Crippen molar-refractivity contribution in [2.45, 2.75) is 37.5 Å². The van der Waals surface area contributed by atoms with Gasteiger partial charge in [-0.05, 0) is 42.7 Å². The standard InChI is InChI=1S/C14H20N2O2S/c15-13-4-2-1-3-12(13)9-19(17,18)16-14-8-10-5-6-11(14)7-10/h1-4,10-11,14,16H,5-9,15H2. The molecule has 1 aromatic rings. The first-order valence-corrected chi connectivity index (χ1v) is 8.52. The smallest absolute Gasteiger partial charge is 0.216 e. The highest BCUT2D eigenvalue weighted by atomic mass is 32.2. The quantitative estimate of drug-likeness (QED) is 0.827. The third kappa shape index (κ3) is 2.77. The fourth-order valence-electron chi connectivity index (χ4n) is 3.53. The molecule has 2 fully saturated rings. The number of hydrogen-bond donors (Lipinski definition) is 2. The van der Waals surface area contributed by atoms with Gasteiger partial charge in [0.05, 0.1) is 5.75 Å². The van der Waals surface area contributed by atoms with Gasteiger partial charge in [0.1, 0.15) is 0 Å². The van der Waals surface area contributed by atoms with E-state index in [4.69, 9.17) is 5.73 Å². The highest BCUT2D eigenvalue weighted by Crippen LogP contribution is 2.44. The van der Waals surface area contributed by atoms with Crippen LogP contribution in [0.15, 0.2) is 24.3 Å². The fourth-order valence-corrected chi connectivity index (χ4v) is 5.04. The number of anilines is 1. The molecule has 0 saturated heterocycles. The van der Waals surface area contributed by atoms with Crippen molar-refractivity contribution in [3.8, 4) is 0 Å². The topological polar surface area (TPSA) is 72.2 Å². The summed E-state index contributed by atoms with van der Waals surface area (Å²) >= 11 is 0. The van der Waals surface area contributed by atoms with Gasteiger partial charge >= 0.3 is 0 Å². The molecule has 0 aliphatic heterocycles. The summed E-state index contributed by atoms with van der Waals surface area (Å²) in [7, 11) is -3.29. The molecule has 2 saturated carbocycles. The van der Waals surface area contributed by atoms with Crippen LogP contribution in [0.5, 0.6) is 0 Å². The van der Waals surface area contributed by atoms with E-state index in [-0.39, 0.29) is 11.8 Å². The van der Waals surface area contributed by atoms with Crippen LogP contribution in [-0.2, 0) is 15.8 Å². The lowest BCUT2D eigenvalue weighted by atomic mass is 9.96. The zero-order valence-corrected chi connectivity index (χ0v) is 11.7. The zero-order valence-electron chi connectivity index (χ0n) is 10.9. The number of nitrogens with two attached hydrogens (primary N) is 1. The number of fused-ring (bicyclic) bond motifs is 2. The molecule has 0 spiro atoms. The normalized spacial score (nSPS) is 29.8. The molecule has 3 N–H and O–H groups in total. The molecule has 104 valence electrons. The van der Waals surface area contributed by atoms with Gasteiger partial charge in [-0.3, -0.25) is 0 Å². The van der Waals surface area contributed by atoms with Crippen LogP contribution in [0.4, 0.5) is 5.69 Å². The molecule has 0 amide bonds. The van der Waals surface area contributed by atoms with Crippen molar-refractivity contribution in [2.24, 2.45) is 11.8 Å². The first-order valence-electron chi connectivity index (χ1n) is 6.87. The monoisotopic (exact) mass is 280 g/mol. The summed E-state index contributed by atoms with van der Waals surface area (Å²) in [6.45, 7) is 0. The van der Waals surface area contributed by atoms with Crippen LogP contribution < -0.4 is 10.5 Å². The minimum Gasteiger partial charge on any atom is -0.398 e. The second-order valence-electron chi connectivity index (χ2n) is 5.86. The highest BCUT2D eigenvalue weighted by Gasteiger charge is 2.41. The molecule has 3 rings (SSSR count). The number of sulfonamides is 1. The molecular formula is C14H20N2O2S. The average Bonchev–Trinajstić information content (AvgIpc) is 2.93. The lowest BCUT2D eigenvalue weighted by molar-refractivity contribution is 0.390. The first kappa shape index (κ1) is 12.9. The van der Waals surface area contributed by atoms with Crippen LogP contribution >= 0.6 is 0 Å². The zero-order chi connectivity index (χ0) is 13.5. The molecule has 2 bridgehead atoms. The van der Waals surface area contributed by atoms with E-state index in [9.17, 15) is 8.42 Å². The Bertz CT molecular complexity index is 571. The SMILES string of the molecule is Nc1ccccc1CS(=O)(=O)NC1CC2CCC1C2. The van der Waals surface area contributed by atoms with E-state index in [1.807, 2.05) is 12.1 Å². The van der Waals surface area contributed by atoms with Crippen LogP contribution in [0.3, 0.4) is 0 Å². The maximum absolute atomic E-state index is 12.2. The Kier molecular flexibility index (Phi) is 3.27. The minimum absolute atomic E-state index is 0.0203. The van der Waals surface area contributed by atoms with Gasteiger partial charge in [0.25, 0.3) is 0 Å². The molecule has 5 heteroatoms. The van der Waals surface area contributed by atoms with Crippen LogP contribution in [0, 0.1) is 11.8 Å². The Morgan fingerprint density at radius 1 is 1.21 bits per heavy atom. The summed E-state index contributed by atoms with van der Waals surface area (Å²) in [6.07, 6.45) is 4.65. The predicted molar refractivity (Wildman–Crippen MR) is 75.8 cm³/mol. The highest BCUT2D eigenvalue weighted by molar-refractivity contribution is 7.88.